The van der Waals surface area contributed by atoms with Crippen molar-refractivity contribution in [3.05, 3.63) is 46.4 Å². The van der Waals surface area contributed by atoms with E-state index < -0.39 is 5.51 Å². The Labute approximate surface area is 149 Å². The second-order valence-corrected chi connectivity index (χ2v) is 6.38. The zero-order valence-corrected chi connectivity index (χ0v) is 14.3. The maximum Gasteiger partial charge on any atom is 0.446 e. The molecule has 3 nitrogen and oxygen atoms in total. The summed E-state index contributed by atoms with van der Waals surface area (Å²) in [7, 11) is 0. The molecule has 0 atom stereocenters. The molecule has 1 rings (SSSR count). The number of rotatable bonds is 9. The number of hydrogen-bond acceptors (Lipinski definition) is 4. The highest BCUT2D eigenvalue weighted by Gasteiger charge is 2.31. The second kappa shape index (κ2) is 10.6. The Kier molecular flexibility index (Phi) is 8.80. The Morgan fingerprint density at radius 3 is 2.28 bits per heavy atom. The van der Waals surface area contributed by atoms with Crippen LogP contribution in [-0.2, 0) is 0 Å². The van der Waals surface area contributed by atoms with Gasteiger partial charge in [0.05, 0.1) is 12.1 Å². The Hall–Kier alpha value is -2.25. The van der Waals surface area contributed by atoms with E-state index in [2.05, 4.69) is 0 Å². The molecule has 7 heteroatoms. The summed E-state index contributed by atoms with van der Waals surface area (Å²) in [6, 6.07) is 12.2. The van der Waals surface area contributed by atoms with Gasteiger partial charge in [0.2, 0.25) is 0 Å². The molecule has 0 heterocycles. The summed E-state index contributed by atoms with van der Waals surface area (Å²) in [5.74, 6) is -0.214. The van der Waals surface area contributed by atoms with Crippen molar-refractivity contribution >= 4 is 17.5 Å². The number of benzene rings is 1. The van der Waals surface area contributed by atoms with E-state index >= 15 is 0 Å². The number of hydrogen-bond donors (Lipinski definition) is 0. The number of ketones is 1. The van der Waals surface area contributed by atoms with Crippen LogP contribution in [0.4, 0.5) is 13.2 Å². The van der Waals surface area contributed by atoms with Crippen molar-refractivity contribution in [2.45, 2.75) is 44.0 Å². The third-order valence-electron chi connectivity index (χ3n) is 3.35. The van der Waals surface area contributed by atoms with Crippen molar-refractivity contribution in [1.29, 1.82) is 10.5 Å². The molecule has 0 saturated heterocycles. The van der Waals surface area contributed by atoms with Gasteiger partial charge in [-0.1, -0.05) is 30.3 Å². The van der Waals surface area contributed by atoms with Gasteiger partial charge in [-0.3, -0.25) is 4.79 Å². The number of Topliss-reactive ketones (excluding diaryl/α,β-unsaturated/α-hetero) is 1. The normalized spacial score (nSPS) is 12.0. The standard InChI is InChI=1S/C18H17F3N2OS/c19-18(20,21)25-17(9-5-2-6-12-22)15(13-23)10-11-16(24)14-7-3-1-4-8-14/h1,3-4,7-8H,2,5-6,9-11H2/b17-15+. The molecule has 0 aliphatic rings. The molecule has 25 heavy (non-hydrogen) atoms. The molecular weight excluding hydrogens is 349 g/mol. The van der Waals surface area contributed by atoms with Gasteiger partial charge in [0, 0.05) is 28.9 Å². The lowest BCUT2D eigenvalue weighted by Gasteiger charge is -2.12. The first-order chi connectivity index (χ1) is 11.9. The first-order valence-corrected chi connectivity index (χ1v) is 8.52. The highest BCUT2D eigenvalue weighted by molar-refractivity contribution is 8.03. The maximum absolute atomic E-state index is 12.7. The van der Waals surface area contributed by atoms with Gasteiger partial charge in [0.15, 0.2) is 5.78 Å². The third-order valence-corrected chi connectivity index (χ3v) is 4.28. The van der Waals surface area contributed by atoms with E-state index in [-0.39, 0.29) is 53.7 Å². The van der Waals surface area contributed by atoms with Crippen LogP contribution < -0.4 is 0 Å². The lowest BCUT2D eigenvalue weighted by atomic mass is 10.0. The quantitative estimate of drug-likeness (QED) is 0.316. The van der Waals surface area contributed by atoms with Crippen LogP contribution in [0, 0.1) is 22.7 Å². The molecular formula is C18H17F3N2OS. The second-order valence-electron chi connectivity index (χ2n) is 5.22. The van der Waals surface area contributed by atoms with Gasteiger partial charge >= 0.3 is 5.51 Å². The average Bonchev–Trinajstić information content (AvgIpc) is 2.58. The van der Waals surface area contributed by atoms with Crippen molar-refractivity contribution in [3.8, 4) is 12.1 Å². The van der Waals surface area contributed by atoms with Crippen LogP contribution in [0.3, 0.4) is 0 Å². The van der Waals surface area contributed by atoms with Crippen molar-refractivity contribution in [1.82, 2.24) is 0 Å². The van der Waals surface area contributed by atoms with Gasteiger partial charge in [-0.15, -0.1) is 0 Å². The summed E-state index contributed by atoms with van der Waals surface area (Å²) in [6.07, 6.45) is 1.16. The maximum atomic E-state index is 12.7. The predicted molar refractivity (Wildman–Crippen MR) is 90.4 cm³/mol. The van der Waals surface area contributed by atoms with Gasteiger partial charge < -0.3 is 0 Å². The highest BCUT2D eigenvalue weighted by Crippen LogP contribution is 2.40. The Bertz CT molecular complexity index is 685. The molecule has 0 radical (unpaired) electrons. The monoisotopic (exact) mass is 366 g/mol. The third kappa shape index (κ3) is 8.42. The van der Waals surface area contributed by atoms with Crippen molar-refractivity contribution in [2.75, 3.05) is 0 Å². The zero-order valence-electron chi connectivity index (χ0n) is 13.5. The molecule has 132 valence electrons. The molecule has 0 spiro atoms. The van der Waals surface area contributed by atoms with E-state index in [1.807, 2.05) is 12.1 Å². The van der Waals surface area contributed by atoms with Gasteiger partial charge in [-0.25, -0.2) is 0 Å². The number of carbonyl (C=O) groups is 1. The van der Waals surface area contributed by atoms with Gasteiger partial charge in [-0.2, -0.15) is 23.7 Å². The SMILES string of the molecule is N#CCCCC/C(SC(F)(F)F)=C(\C#N)CCC(=O)c1ccccc1. The van der Waals surface area contributed by atoms with Crippen LogP contribution in [0.1, 0.15) is 48.9 Å². The topological polar surface area (TPSA) is 64.7 Å². The van der Waals surface area contributed by atoms with Crippen LogP contribution in [0.25, 0.3) is 0 Å². The van der Waals surface area contributed by atoms with E-state index in [1.165, 1.54) is 0 Å². The van der Waals surface area contributed by atoms with Gasteiger partial charge in [-0.05, 0) is 37.4 Å². The number of nitrogens with zero attached hydrogens (tertiary/aromatic N) is 2. The summed E-state index contributed by atoms with van der Waals surface area (Å²) in [4.78, 5) is 12.0. The fourth-order valence-corrected chi connectivity index (χ4v) is 2.95. The minimum absolute atomic E-state index is 0.0106. The molecule has 0 saturated carbocycles. The molecule has 1 aromatic carbocycles. The molecule has 0 bridgehead atoms. The lowest BCUT2D eigenvalue weighted by molar-refractivity contribution is -0.0322. The predicted octanol–water partition coefficient (Wildman–Crippen LogP) is 5.76. The minimum Gasteiger partial charge on any atom is -0.294 e. The Morgan fingerprint density at radius 2 is 1.72 bits per heavy atom. The number of nitriles is 2. The van der Waals surface area contributed by atoms with Crippen molar-refractivity contribution < 1.29 is 18.0 Å². The number of halogens is 3. The molecule has 0 aliphatic carbocycles. The lowest BCUT2D eigenvalue weighted by Crippen LogP contribution is -2.04. The minimum atomic E-state index is -4.49. The molecule has 0 aliphatic heterocycles. The van der Waals surface area contributed by atoms with E-state index in [1.54, 1.807) is 30.3 Å². The van der Waals surface area contributed by atoms with Crippen LogP contribution >= 0.6 is 11.8 Å². The molecule has 0 aromatic heterocycles. The highest BCUT2D eigenvalue weighted by atomic mass is 32.2. The van der Waals surface area contributed by atoms with Crippen LogP contribution in [-0.4, -0.2) is 11.3 Å². The Balaban J connectivity index is 2.82. The smallest absolute Gasteiger partial charge is 0.294 e. The first-order valence-electron chi connectivity index (χ1n) is 7.70. The van der Waals surface area contributed by atoms with Crippen LogP contribution in [0.5, 0.6) is 0 Å². The summed E-state index contributed by atoms with van der Waals surface area (Å²) in [5.41, 5.74) is -4.03. The Morgan fingerprint density at radius 1 is 1.04 bits per heavy atom. The molecule has 0 amide bonds. The zero-order chi connectivity index (χ0) is 18.7. The fourth-order valence-electron chi connectivity index (χ4n) is 2.16. The van der Waals surface area contributed by atoms with Gasteiger partial charge in [0.25, 0.3) is 0 Å². The summed E-state index contributed by atoms with van der Waals surface area (Å²) in [6.45, 7) is 0. The first kappa shape index (κ1) is 20.8. The number of thioether (sulfide) groups is 1. The molecule has 0 fully saturated rings. The van der Waals surface area contributed by atoms with Gasteiger partial charge in [0.1, 0.15) is 0 Å². The molecule has 0 unspecified atom stereocenters. The summed E-state index contributed by atoms with van der Waals surface area (Å²) < 4.78 is 38.2. The van der Waals surface area contributed by atoms with E-state index in [9.17, 15) is 23.2 Å². The molecule has 1 aromatic rings. The number of allylic oxidation sites excluding steroid dienone is 2. The fraction of sp³-hybridized carbons (Fsp3) is 0.389. The van der Waals surface area contributed by atoms with Crippen molar-refractivity contribution in [3.63, 3.8) is 0 Å². The molecule has 0 N–H and O–H groups in total. The number of unbranched alkanes of at least 4 members (excludes halogenated alkanes) is 2. The van der Waals surface area contributed by atoms with E-state index in [0.717, 1.165) is 0 Å². The average molecular weight is 366 g/mol. The van der Waals surface area contributed by atoms with E-state index in [4.69, 9.17) is 5.26 Å². The van der Waals surface area contributed by atoms with Crippen LogP contribution in [0.15, 0.2) is 40.8 Å². The van der Waals surface area contributed by atoms with Crippen LogP contribution in [0.2, 0.25) is 0 Å². The number of alkyl halides is 3. The largest absolute Gasteiger partial charge is 0.446 e. The summed E-state index contributed by atoms with van der Waals surface area (Å²) >= 11 is -0.297. The van der Waals surface area contributed by atoms with E-state index in [0.29, 0.717) is 18.4 Å². The number of carbonyl (C=O) groups excluding carboxylic acids is 1. The summed E-state index contributed by atoms with van der Waals surface area (Å²) in [5, 5.41) is 17.7. The van der Waals surface area contributed by atoms with Crippen molar-refractivity contribution in [2.24, 2.45) is 0 Å².